The van der Waals surface area contributed by atoms with Gasteiger partial charge in [-0.05, 0) is 32.9 Å². The smallest absolute Gasteiger partial charge is 0.272 e. The predicted molar refractivity (Wildman–Crippen MR) is 115 cm³/mol. The molecular formula is C23H26N4O. The van der Waals surface area contributed by atoms with Gasteiger partial charge in [-0.3, -0.25) is 14.9 Å². The second-order valence-electron chi connectivity index (χ2n) is 7.10. The van der Waals surface area contributed by atoms with Crippen LogP contribution in [0.5, 0.6) is 0 Å². The van der Waals surface area contributed by atoms with Gasteiger partial charge in [0.15, 0.2) is 0 Å². The van der Waals surface area contributed by atoms with Gasteiger partial charge in [-0.15, -0.1) is 0 Å². The fourth-order valence-corrected chi connectivity index (χ4v) is 3.72. The van der Waals surface area contributed by atoms with Gasteiger partial charge in [-0.1, -0.05) is 47.5 Å². The standard InChI is InChI=1S/C23H26N4O/c1-4-28-23(26-15-13-24-17-26)22(20-9-5-18(2)6-10-20)25-14-16-27(23)21-11-7-19(3)8-12-21/h5-12,14,16-17H,4,13,15H2,1-3H3. The van der Waals surface area contributed by atoms with Gasteiger partial charge in [0.1, 0.15) is 5.71 Å². The van der Waals surface area contributed by atoms with E-state index >= 15 is 0 Å². The molecule has 0 saturated carbocycles. The third-order valence-electron chi connectivity index (χ3n) is 5.12. The van der Waals surface area contributed by atoms with Crippen molar-refractivity contribution in [2.75, 3.05) is 24.6 Å². The lowest BCUT2D eigenvalue weighted by molar-refractivity contribution is -0.0596. The molecule has 5 nitrogen and oxygen atoms in total. The highest BCUT2D eigenvalue weighted by molar-refractivity contribution is 6.10. The SMILES string of the molecule is CCOC1(N2C=NCC2)C(c2ccc(C)cc2)=NC=CN1c1ccc(C)cc1. The fourth-order valence-electron chi connectivity index (χ4n) is 3.72. The van der Waals surface area contributed by atoms with Crippen LogP contribution in [-0.4, -0.2) is 42.5 Å². The molecule has 0 spiro atoms. The number of hydrogen-bond acceptors (Lipinski definition) is 5. The quantitative estimate of drug-likeness (QED) is 0.790. The van der Waals surface area contributed by atoms with Gasteiger partial charge in [0.25, 0.3) is 5.85 Å². The largest absolute Gasteiger partial charge is 0.333 e. The van der Waals surface area contributed by atoms with E-state index in [9.17, 15) is 0 Å². The number of rotatable bonds is 5. The summed E-state index contributed by atoms with van der Waals surface area (Å²) < 4.78 is 6.53. The minimum absolute atomic E-state index is 0.547. The van der Waals surface area contributed by atoms with E-state index in [1.54, 1.807) is 0 Å². The second-order valence-corrected chi connectivity index (χ2v) is 7.10. The summed E-state index contributed by atoms with van der Waals surface area (Å²) in [5, 5.41) is 0. The summed E-state index contributed by atoms with van der Waals surface area (Å²) in [5.41, 5.74) is 5.40. The molecule has 0 N–H and O–H groups in total. The Balaban J connectivity index is 1.89. The summed E-state index contributed by atoms with van der Waals surface area (Å²) in [5.74, 6) is -0.881. The Morgan fingerprint density at radius 1 is 1.00 bits per heavy atom. The van der Waals surface area contributed by atoms with Crippen molar-refractivity contribution in [2.45, 2.75) is 26.6 Å². The molecule has 0 saturated heterocycles. The monoisotopic (exact) mass is 374 g/mol. The molecule has 1 unspecified atom stereocenters. The molecule has 28 heavy (non-hydrogen) atoms. The van der Waals surface area contributed by atoms with E-state index in [4.69, 9.17) is 9.73 Å². The van der Waals surface area contributed by atoms with Crippen LogP contribution in [0, 0.1) is 13.8 Å². The van der Waals surface area contributed by atoms with Crippen molar-refractivity contribution in [1.29, 1.82) is 0 Å². The van der Waals surface area contributed by atoms with Crippen molar-refractivity contribution < 1.29 is 4.74 Å². The Bertz CT molecular complexity index is 915. The fraction of sp³-hybridized carbons (Fsp3) is 0.304. The highest BCUT2D eigenvalue weighted by atomic mass is 16.5. The van der Waals surface area contributed by atoms with Crippen molar-refractivity contribution in [1.82, 2.24) is 4.90 Å². The summed E-state index contributed by atoms with van der Waals surface area (Å²) >= 11 is 0. The van der Waals surface area contributed by atoms with Crippen LogP contribution in [0.1, 0.15) is 23.6 Å². The Morgan fingerprint density at radius 2 is 1.68 bits per heavy atom. The Kier molecular flexibility index (Phi) is 5.01. The van der Waals surface area contributed by atoms with Crippen LogP contribution in [-0.2, 0) is 4.74 Å². The first-order valence-electron chi connectivity index (χ1n) is 9.74. The molecule has 0 bridgehead atoms. The summed E-state index contributed by atoms with van der Waals surface area (Å²) in [4.78, 5) is 13.6. The van der Waals surface area contributed by atoms with Crippen molar-refractivity contribution in [3.05, 3.63) is 77.6 Å². The van der Waals surface area contributed by atoms with Crippen LogP contribution in [0.25, 0.3) is 0 Å². The number of hydrogen-bond donors (Lipinski definition) is 0. The molecule has 2 aliphatic rings. The summed E-state index contributed by atoms with van der Waals surface area (Å²) in [6, 6.07) is 16.9. The van der Waals surface area contributed by atoms with E-state index in [1.165, 1.54) is 11.1 Å². The lowest BCUT2D eigenvalue weighted by Crippen LogP contribution is -2.66. The van der Waals surface area contributed by atoms with Gasteiger partial charge in [-0.25, -0.2) is 0 Å². The molecule has 5 heteroatoms. The second kappa shape index (κ2) is 7.60. The minimum Gasteiger partial charge on any atom is -0.333 e. The van der Waals surface area contributed by atoms with Crippen LogP contribution in [0.3, 0.4) is 0 Å². The molecule has 0 amide bonds. The first-order valence-corrected chi connectivity index (χ1v) is 9.74. The van der Waals surface area contributed by atoms with Gasteiger partial charge < -0.3 is 9.64 Å². The van der Waals surface area contributed by atoms with E-state index in [0.717, 1.165) is 30.1 Å². The van der Waals surface area contributed by atoms with Gasteiger partial charge in [-0.2, -0.15) is 0 Å². The molecule has 2 aromatic rings. The van der Waals surface area contributed by atoms with Crippen LogP contribution < -0.4 is 4.90 Å². The molecule has 0 fully saturated rings. The van der Waals surface area contributed by atoms with Crippen molar-refractivity contribution in [2.24, 2.45) is 9.98 Å². The maximum Gasteiger partial charge on any atom is 0.272 e. The van der Waals surface area contributed by atoms with E-state index in [1.807, 2.05) is 25.7 Å². The van der Waals surface area contributed by atoms with Crippen molar-refractivity contribution >= 4 is 17.7 Å². The van der Waals surface area contributed by atoms with Crippen LogP contribution in [0.2, 0.25) is 0 Å². The third kappa shape index (κ3) is 3.12. The average Bonchev–Trinajstić information content (AvgIpc) is 3.25. The summed E-state index contributed by atoms with van der Waals surface area (Å²) in [7, 11) is 0. The summed E-state index contributed by atoms with van der Waals surface area (Å²) in [6.45, 7) is 8.28. The number of nitrogens with zero attached hydrogens (tertiary/aromatic N) is 4. The Hall–Kier alpha value is -2.92. The van der Waals surface area contributed by atoms with Gasteiger partial charge >= 0.3 is 0 Å². The molecule has 0 aliphatic carbocycles. The van der Waals surface area contributed by atoms with Crippen LogP contribution in [0.4, 0.5) is 5.69 Å². The third-order valence-corrected chi connectivity index (χ3v) is 5.12. The van der Waals surface area contributed by atoms with E-state index in [-0.39, 0.29) is 0 Å². The maximum atomic E-state index is 6.53. The van der Waals surface area contributed by atoms with E-state index in [2.05, 4.69) is 77.2 Å². The first kappa shape index (κ1) is 18.4. The number of benzene rings is 2. The highest BCUT2D eigenvalue weighted by Crippen LogP contribution is 2.36. The summed E-state index contributed by atoms with van der Waals surface area (Å²) in [6.07, 6.45) is 5.73. The molecule has 2 aromatic carbocycles. The normalized spacial score (nSPS) is 21.3. The molecule has 0 aromatic heterocycles. The van der Waals surface area contributed by atoms with Crippen LogP contribution in [0.15, 0.2) is 70.9 Å². The minimum atomic E-state index is -0.881. The predicted octanol–water partition coefficient (Wildman–Crippen LogP) is 4.12. The first-order chi connectivity index (χ1) is 13.6. The Morgan fingerprint density at radius 3 is 2.29 bits per heavy atom. The zero-order valence-electron chi connectivity index (χ0n) is 16.7. The highest BCUT2D eigenvalue weighted by Gasteiger charge is 2.49. The zero-order valence-corrected chi connectivity index (χ0v) is 16.7. The molecule has 2 heterocycles. The molecule has 0 radical (unpaired) electrons. The lowest BCUT2D eigenvalue weighted by Gasteiger charge is -2.49. The number of ether oxygens (including phenoxy) is 1. The van der Waals surface area contributed by atoms with Gasteiger partial charge in [0, 0.05) is 36.8 Å². The van der Waals surface area contributed by atoms with E-state index in [0.29, 0.717) is 6.61 Å². The number of aryl methyl sites for hydroxylation is 2. The maximum absolute atomic E-state index is 6.53. The molecule has 4 rings (SSSR count). The number of anilines is 1. The number of aliphatic imine (C=N–C) groups is 2. The average molecular weight is 374 g/mol. The lowest BCUT2D eigenvalue weighted by atomic mass is 9.99. The molecular weight excluding hydrogens is 348 g/mol. The van der Waals surface area contributed by atoms with Crippen molar-refractivity contribution in [3.63, 3.8) is 0 Å². The van der Waals surface area contributed by atoms with E-state index < -0.39 is 5.85 Å². The van der Waals surface area contributed by atoms with Crippen LogP contribution >= 0.6 is 0 Å². The molecule has 2 aliphatic heterocycles. The zero-order chi connectivity index (χ0) is 19.6. The van der Waals surface area contributed by atoms with Gasteiger partial charge in [0.2, 0.25) is 0 Å². The van der Waals surface area contributed by atoms with Crippen molar-refractivity contribution in [3.8, 4) is 0 Å². The molecule has 1 atom stereocenters. The Labute approximate surface area is 166 Å². The molecule has 144 valence electrons. The van der Waals surface area contributed by atoms with Gasteiger partial charge in [0.05, 0.1) is 12.9 Å². The topological polar surface area (TPSA) is 40.4 Å².